The van der Waals surface area contributed by atoms with Crippen LogP contribution in [0.25, 0.3) is 0 Å². The summed E-state index contributed by atoms with van der Waals surface area (Å²) in [7, 11) is 1.72. The zero-order valence-electron chi connectivity index (χ0n) is 10.1. The minimum atomic E-state index is -2.47. The normalized spacial score (nSPS) is 23.6. The maximum atomic E-state index is 11.7. The summed E-state index contributed by atoms with van der Waals surface area (Å²) in [5.74, 6) is 0.417. The van der Waals surface area contributed by atoms with Gasteiger partial charge in [0.25, 0.3) is 6.43 Å². The maximum Gasteiger partial charge on any atom is 0.261 e. The van der Waals surface area contributed by atoms with Crippen LogP contribution in [0.1, 0.15) is 19.3 Å². The summed E-state index contributed by atoms with van der Waals surface area (Å²) in [4.78, 5) is 13.2. The van der Waals surface area contributed by atoms with Crippen molar-refractivity contribution in [3.05, 3.63) is 0 Å². The minimum Gasteiger partial charge on any atom is -0.375 e. The third-order valence-corrected chi connectivity index (χ3v) is 2.93. The highest BCUT2D eigenvalue weighted by Gasteiger charge is 2.27. The summed E-state index contributed by atoms with van der Waals surface area (Å²) in [6.45, 7) is 0.146. The first kappa shape index (κ1) is 14.3. The molecule has 0 unspecified atom stereocenters. The molecule has 1 aliphatic rings. The average molecular weight is 250 g/mol. The van der Waals surface area contributed by atoms with Crippen molar-refractivity contribution in [1.82, 2.24) is 4.90 Å². The van der Waals surface area contributed by atoms with Crippen molar-refractivity contribution in [2.75, 3.05) is 26.8 Å². The smallest absolute Gasteiger partial charge is 0.261 e. The number of ether oxygens (including phenoxy) is 1. The molecule has 0 bridgehead atoms. The molecule has 1 amide bonds. The van der Waals surface area contributed by atoms with Crippen LogP contribution in [-0.2, 0) is 9.53 Å². The van der Waals surface area contributed by atoms with Crippen molar-refractivity contribution in [2.45, 2.75) is 31.7 Å². The van der Waals surface area contributed by atoms with Crippen molar-refractivity contribution >= 4 is 5.91 Å². The number of hydrogen-bond acceptors (Lipinski definition) is 3. The molecule has 0 aliphatic heterocycles. The molecule has 6 heteroatoms. The second-order valence-corrected chi connectivity index (χ2v) is 4.59. The third kappa shape index (κ3) is 5.41. The molecule has 1 fully saturated rings. The zero-order chi connectivity index (χ0) is 12.8. The standard InChI is InChI=1S/C11H20F2N2O2/c1-15(6-8-4-9(14)5-8)11(16)2-3-17-7-10(12)13/h8-10H,2-7,14H2,1H3. The number of amides is 1. The van der Waals surface area contributed by atoms with Gasteiger partial charge >= 0.3 is 0 Å². The fourth-order valence-corrected chi connectivity index (χ4v) is 1.95. The molecule has 0 aromatic carbocycles. The van der Waals surface area contributed by atoms with Crippen LogP contribution in [0.2, 0.25) is 0 Å². The fourth-order valence-electron chi connectivity index (χ4n) is 1.95. The van der Waals surface area contributed by atoms with Gasteiger partial charge in [0.1, 0.15) is 6.61 Å². The second kappa shape index (κ2) is 6.86. The lowest BCUT2D eigenvalue weighted by atomic mass is 9.80. The van der Waals surface area contributed by atoms with Crippen molar-refractivity contribution in [3.8, 4) is 0 Å². The average Bonchev–Trinajstić information content (AvgIpc) is 2.21. The lowest BCUT2D eigenvalue weighted by Crippen LogP contribution is -2.43. The van der Waals surface area contributed by atoms with E-state index in [0.29, 0.717) is 12.5 Å². The molecule has 17 heavy (non-hydrogen) atoms. The predicted octanol–water partition coefficient (Wildman–Crippen LogP) is 0.854. The number of nitrogens with zero attached hydrogens (tertiary/aromatic N) is 1. The van der Waals surface area contributed by atoms with Crippen molar-refractivity contribution in [1.29, 1.82) is 0 Å². The molecule has 0 spiro atoms. The van der Waals surface area contributed by atoms with E-state index in [9.17, 15) is 13.6 Å². The monoisotopic (exact) mass is 250 g/mol. The van der Waals surface area contributed by atoms with Crippen molar-refractivity contribution in [2.24, 2.45) is 11.7 Å². The van der Waals surface area contributed by atoms with Crippen LogP contribution in [0, 0.1) is 5.92 Å². The topological polar surface area (TPSA) is 55.6 Å². The van der Waals surface area contributed by atoms with Gasteiger partial charge in [0, 0.05) is 19.6 Å². The molecule has 0 aromatic heterocycles. The Balaban J connectivity index is 2.06. The quantitative estimate of drug-likeness (QED) is 0.682. The highest BCUT2D eigenvalue weighted by Crippen LogP contribution is 2.26. The van der Waals surface area contributed by atoms with E-state index in [-0.39, 0.29) is 25.0 Å². The Morgan fingerprint density at radius 2 is 2.18 bits per heavy atom. The van der Waals surface area contributed by atoms with E-state index < -0.39 is 13.0 Å². The molecule has 1 rings (SSSR count). The van der Waals surface area contributed by atoms with Crippen LogP contribution in [0.3, 0.4) is 0 Å². The van der Waals surface area contributed by atoms with Gasteiger partial charge in [-0.15, -0.1) is 0 Å². The maximum absolute atomic E-state index is 11.7. The Kier molecular flexibility index (Phi) is 5.77. The zero-order valence-corrected chi connectivity index (χ0v) is 10.1. The molecule has 0 saturated heterocycles. The van der Waals surface area contributed by atoms with Crippen molar-refractivity contribution in [3.63, 3.8) is 0 Å². The van der Waals surface area contributed by atoms with E-state index >= 15 is 0 Å². The first-order chi connectivity index (χ1) is 7.99. The number of carbonyl (C=O) groups excluding carboxylic acids is 1. The first-order valence-electron chi connectivity index (χ1n) is 5.84. The van der Waals surface area contributed by atoms with Crippen LogP contribution in [0.4, 0.5) is 8.78 Å². The lowest BCUT2D eigenvalue weighted by molar-refractivity contribution is -0.132. The summed E-state index contributed by atoms with van der Waals surface area (Å²) in [6.07, 6.45) is -0.402. The Morgan fingerprint density at radius 1 is 1.53 bits per heavy atom. The van der Waals surface area contributed by atoms with E-state index in [1.54, 1.807) is 11.9 Å². The summed E-state index contributed by atoms with van der Waals surface area (Å²) in [5.41, 5.74) is 5.65. The van der Waals surface area contributed by atoms with Gasteiger partial charge in [-0.05, 0) is 18.8 Å². The lowest BCUT2D eigenvalue weighted by Gasteiger charge is -2.35. The van der Waals surface area contributed by atoms with Crippen molar-refractivity contribution < 1.29 is 18.3 Å². The molecule has 1 saturated carbocycles. The van der Waals surface area contributed by atoms with Crippen LogP contribution in [0.15, 0.2) is 0 Å². The van der Waals surface area contributed by atoms with Gasteiger partial charge in [0.15, 0.2) is 0 Å². The number of nitrogens with two attached hydrogens (primary N) is 1. The number of halogens is 2. The molecular formula is C11H20F2N2O2. The van der Waals surface area contributed by atoms with E-state index in [1.807, 2.05) is 0 Å². The molecule has 1 aliphatic carbocycles. The molecule has 0 radical (unpaired) electrons. The highest BCUT2D eigenvalue weighted by molar-refractivity contribution is 5.75. The van der Waals surface area contributed by atoms with Crippen LogP contribution in [-0.4, -0.2) is 50.1 Å². The van der Waals surface area contributed by atoms with Crippen LogP contribution >= 0.6 is 0 Å². The highest BCUT2D eigenvalue weighted by atomic mass is 19.3. The molecule has 4 nitrogen and oxygen atoms in total. The number of rotatable bonds is 7. The van der Waals surface area contributed by atoms with Gasteiger partial charge in [0.05, 0.1) is 13.0 Å². The van der Waals surface area contributed by atoms with Gasteiger partial charge in [-0.1, -0.05) is 0 Å². The van der Waals surface area contributed by atoms with E-state index in [1.165, 1.54) is 0 Å². The van der Waals surface area contributed by atoms with E-state index in [2.05, 4.69) is 4.74 Å². The van der Waals surface area contributed by atoms with Gasteiger partial charge in [-0.3, -0.25) is 4.79 Å². The number of hydrogen-bond donors (Lipinski definition) is 1. The largest absolute Gasteiger partial charge is 0.375 e. The molecule has 2 N–H and O–H groups in total. The summed E-state index contributed by atoms with van der Waals surface area (Å²) < 4.78 is 28.2. The van der Waals surface area contributed by atoms with Crippen LogP contribution in [0.5, 0.6) is 0 Å². The van der Waals surface area contributed by atoms with E-state index in [0.717, 1.165) is 12.8 Å². The van der Waals surface area contributed by atoms with Gasteiger partial charge in [-0.2, -0.15) is 0 Å². The molecule has 0 aromatic rings. The van der Waals surface area contributed by atoms with E-state index in [4.69, 9.17) is 5.73 Å². The van der Waals surface area contributed by atoms with Gasteiger partial charge in [0.2, 0.25) is 5.91 Å². The Bertz CT molecular complexity index is 246. The Morgan fingerprint density at radius 3 is 2.71 bits per heavy atom. The molecular weight excluding hydrogens is 230 g/mol. The second-order valence-electron chi connectivity index (χ2n) is 4.59. The predicted molar refractivity (Wildman–Crippen MR) is 59.8 cm³/mol. The Hall–Kier alpha value is -0.750. The molecule has 0 atom stereocenters. The number of alkyl halides is 2. The third-order valence-electron chi connectivity index (χ3n) is 2.93. The first-order valence-corrected chi connectivity index (χ1v) is 5.84. The summed E-state index contributed by atoms with van der Waals surface area (Å²) in [6, 6.07) is 0.276. The van der Waals surface area contributed by atoms with Gasteiger partial charge in [-0.25, -0.2) is 8.78 Å². The van der Waals surface area contributed by atoms with Gasteiger partial charge < -0.3 is 15.4 Å². The SMILES string of the molecule is CN(CC1CC(N)C1)C(=O)CCOCC(F)F. The molecule has 100 valence electrons. The van der Waals surface area contributed by atoms with Crippen LogP contribution < -0.4 is 5.73 Å². The summed E-state index contributed by atoms with van der Waals surface area (Å²) >= 11 is 0. The Labute approximate surface area is 100 Å². The fraction of sp³-hybridized carbons (Fsp3) is 0.909. The molecule has 0 heterocycles. The summed E-state index contributed by atoms with van der Waals surface area (Å²) in [5, 5.41) is 0. The number of carbonyl (C=O) groups is 1. The minimum absolute atomic E-state index is 0.0533.